The number of nitrogens with one attached hydrogen (secondary N) is 1. The van der Waals surface area contributed by atoms with Crippen LogP contribution >= 0.6 is 11.6 Å². The van der Waals surface area contributed by atoms with Crippen molar-refractivity contribution in [2.45, 2.75) is 17.7 Å². The van der Waals surface area contributed by atoms with Gasteiger partial charge in [-0.2, -0.15) is 0 Å². The van der Waals surface area contributed by atoms with Gasteiger partial charge in [-0.3, -0.25) is 9.78 Å². The number of hydrogen-bond donors (Lipinski definition) is 1. The van der Waals surface area contributed by atoms with E-state index in [0.717, 1.165) is 47.0 Å². The second kappa shape index (κ2) is 8.74. The molecule has 160 valence electrons. The summed E-state index contributed by atoms with van der Waals surface area (Å²) >= 11 is 5.66. The van der Waals surface area contributed by atoms with Crippen LogP contribution in [0.4, 0.5) is 10.1 Å². The van der Waals surface area contributed by atoms with Crippen LogP contribution in [0.1, 0.15) is 12.0 Å². The van der Waals surface area contributed by atoms with Crippen molar-refractivity contribution in [2.75, 3.05) is 18.0 Å². The summed E-state index contributed by atoms with van der Waals surface area (Å²) in [5.74, 6) is -0.870. The molecule has 1 aliphatic rings. The number of amides is 1. The summed E-state index contributed by atoms with van der Waals surface area (Å²) in [5.41, 5.74) is 4.03. The van der Waals surface area contributed by atoms with Crippen LogP contribution < -0.4 is 9.62 Å². The predicted octanol–water partition coefficient (Wildman–Crippen LogP) is 3.80. The van der Waals surface area contributed by atoms with Crippen LogP contribution in [0.3, 0.4) is 0 Å². The maximum Gasteiger partial charge on any atom is 0.240 e. The molecule has 31 heavy (non-hydrogen) atoms. The third-order valence-electron chi connectivity index (χ3n) is 5.12. The maximum atomic E-state index is 13.3. The highest BCUT2D eigenvalue weighted by Crippen LogP contribution is 2.32. The third kappa shape index (κ3) is 4.61. The highest BCUT2D eigenvalue weighted by molar-refractivity contribution is 7.89. The smallest absolute Gasteiger partial charge is 0.240 e. The van der Waals surface area contributed by atoms with Crippen LogP contribution in [0.5, 0.6) is 0 Å². The summed E-state index contributed by atoms with van der Waals surface area (Å²) in [6.45, 7) is 0.478. The van der Waals surface area contributed by atoms with Crippen LogP contribution in [-0.4, -0.2) is 32.4 Å². The molecular formula is C22H19ClFN3O3S. The fraction of sp³-hybridized carbons (Fsp3) is 0.182. The number of hydrogen-bond acceptors (Lipinski definition) is 4. The third-order valence-corrected chi connectivity index (χ3v) is 6.87. The fourth-order valence-corrected chi connectivity index (χ4v) is 4.84. The van der Waals surface area contributed by atoms with E-state index < -0.39 is 15.8 Å². The van der Waals surface area contributed by atoms with E-state index in [1.165, 1.54) is 0 Å². The summed E-state index contributed by atoms with van der Waals surface area (Å²) in [5, 5.41) is -0.279. The number of nitrogens with zero attached hydrogens (tertiary/aromatic N) is 2. The highest BCUT2D eigenvalue weighted by Gasteiger charge is 2.25. The molecule has 0 fully saturated rings. The van der Waals surface area contributed by atoms with Gasteiger partial charge in [0.25, 0.3) is 0 Å². The van der Waals surface area contributed by atoms with Gasteiger partial charge in [0.05, 0.1) is 9.92 Å². The van der Waals surface area contributed by atoms with Crippen molar-refractivity contribution in [1.82, 2.24) is 9.71 Å². The van der Waals surface area contributed by atoms with E-state index in [0.29, 0.717) is 6.54 Å². The van der Waals surface area contributed by atoms with E-state index in [1.807, 2.05) is 24.3 Å². The Labute approximate surface area is 184 Å². The zero-order chi connectivity index (χ0) is 22.0. The average Bonchev–Trinajstić information content (AvgIpc) is 3.19. The van der Waals surface area contributed by atoms with E-state index in [4.69, 9.17) is 11.6 Å². The molecule has 9 heteroatoms. The highest BCUT2D eigenvalue weighted by atomic mass is 35.5. The molecule has 1 aliphatic heterocycles. The first kappa shape index (κ1) is 21.4. The van der Waals surface area contributed by atoms with Gasteiger partial charge in [-0.15, -0.1) is 0 Å². The minimum atomic E-state index is -3.89. The van der Waals surface area contributed by atoms with Crippen LogP contribution in [-0.2, 0) is 21.2 Å². The molecule has 0 aliphatic carbocycles. The monoisotopic (exact) mass is 459 g/mol. The molecule has 0 saturated carbocycles. The van der Waals surface area contributed by atoms with E-state index in [-0.39, 0.29) is 28.8 Å². The average molecular weight is 460 g/mol. The van der Waals surface area contributed by atoms with Gasteiger partial charge in [-0.05, 0) is 65.6 Å². The molecule has 2 aromatic carbocycles. The number of carbonyl (C=O) groups is 1. The second-order valence-corrected chi connectivity index (χ2v) is 9.27. The van der Waals surface area contributed by atoms with E-state index in [1.54, 1.807) is 17.3 Å². The number of benzene rings is 2. The first-order valence-electron chi connectivity index (χ1n) is 9.63. The predicted molar refractivity (Wildman–Crippen MR) is 117 cm³/mol. The van der Waals surface area contributed by atoms with Gasteiger partial charge in [0.1, 0.15) is 5.82 Å². The number of aromatic nitrogens is 1. The van der Waals surface area contributed by atoms with Crippen molar-refractivity contribution in [1.29, 1.82) is 0 Å². The zero-order valence-electron chi connectivity index (χ0n) is 16.4. The summed E-state index contributed by atoms with van der Waals surface area (Å²) in [4.78, 5) is 18.2. The quantitative estimate of drug-likeness (QED) is 0.608. The van der Waals surface area contributed by atoms with Gasteiger partial charge in [-0.25, -0.2) is 17.5 Å². The van der Waals surface area contributed by atoms with Crippen molar-refractivity contribution in [2.24, 2.45) is 0 Å². The van der Waals surface area contributed by atoms with Gasteiger partial charge in [0.15, 0.2) is 0 Å². The Morgan fingerprint density at radius 1 is 1.10 bits per heavy atom. The van der Waals surface area contributed by atoms with Crippen LogP contribution in [0, 0.1) is 5.82 Å². The SMILES string of the molecule is O=C(CCNS(=O)(=O)c1ccc(F)c(Cl)c1)N1CCc2cc(-c3ccncc3)ccc21. The lowest BCUT2D eigenvalue weighted by Crippen LogP contribution is -2.33. The molecule has 0 saturated heterocycles. The molecule has 3 aromatic rings. The van der Waals surface area contributed by atoms with Crippen molar-refractivity contribution >= 4 is 33.2 Å². The summed E-state index contributed by atoms with van der Waals surface area (Å²) < 4.78 is 40.3. The molecule has 0 atom stereocenters. The molecule has 0 unspecified atom stereocenters. The van der Waals surface area contributed by atoms with Gasteiger partial charge in [0, 0.05) is 37.6 Å². The van der Waals surface area contributed by atoms with Crippen molar-refractivity contribution in [3.8, 4) is 11.1 Å². The van der Waals surface area contributed by atoms with Crippen molar-refractivity contribution in [3.05, 3.63) is 77.3 Å². The second-order valence-electron chi connectivity index (χ2n) is 7.10. The van der Waals surface area contributed by atoms with Crippen molar-refractivity contribution < 1.29 is 17.6 Å². The van der Waals surface area contributed by atoms with Gasteiger partial charge in [0.2, 0.25) is 15.9 Å². The molecule has 1 N–H and O–H groups in total. The summed E-state index contributed by atoms with van der Waals surface area (Å²) in [6.07, 6.45) is 4.21. The number of pyridine rings is 1. The van der Waals surface area contributed by atoms with E-state index in [9.17, 15) is 17.6 Å². The number of halogens is 2. The minimum Gasteiger partial charge on any atom is -0.312 e. The Bertz CT molecular complexity index is 1240. The number of anilines is 1. The normalized spacial score (nSPS) is 13.3. The zero-order valence-corrected chi connectivity index (χ0v) is 18.0. The Balaban J connectivity index is 1.40. The van der Waals surface area contributed by atoms with Gasteiger partial charge < -0.3 is 4.90 Å². The molecule has 6 nitrogen and oxygen atoms in total. The lowest BCUT2D eigenvalue weighted by Gasteiger charge is -2.18. The Hall–Kier alpha value is -2.81. The lowest BCUT2D eigenvalue weighted by atomic mass is 10.0. The minimum absolute atomic E-state index is 0.000295. The topological polar surface area (TPSA) is 79.4 Å². The number of fused-ring (bicyclic) bond motifs is 1. The first-order chi connectivity index (χ1) is 14.8. The summed E-state index contributed by atoms with van der Waals surface area (Å²) in [6, 6.07) is 13.0. The number of sulfonamides is 1. The number of carbonyl (C=O) groups excluding carboxylic acids is 1. The number of rotatable bonds is 6. The largest absolute Gasteiger partial charge is 0.312 e. The Morgan fingerprint density at radius 2 is 1.87 bits per heavy atom. The van der Waals surface area contributed by atoms with Crippen molar-refractivity contribution in [3.63, 3.8) is 0 Å². The molecule has 0 spiro atoms. The van der Waals surface area contributed by atoms with Gasteiger partial charge in [-0.1, -0.05) is 17.7 Å². The van der Waals surface area contributed by atoms with Crippen LogP contribution in [0.25, 0.3) is 11.1 Å². The molecule has 1 amide bonds. The Morgan fingerprint density at radius 3 is 2.61 bits per heavy atom. The molecule has 4 rings (SSSR count). The van der Waals surface area contributed by atoms with E-state index in [2.05, 4.69) is 15.8 Å². The van der Waals surface area contributed by atoms with Crippen LogP contribution in [0.2, 0.25) is 5.02 Å². The Kier molecular flexibility index (Phi) is 6.04. The molecule has 1 aromatic heterocycles. The lowest BCUT2D eigenvalue weighted by molar-refractivity contribution is -0.118. The molecule has 2 heterocycles. The molecule has 0 radical (unpaired) electrons. The van der Waals surface area contributed by atoms with E-state index >= 15 is 0 Å². The van der Waals surface area contributed by atoms with Crippen LogP contribution in [0.15, 0.2) is 65.8 Å². The molecule has 0 bridgehead atoms. The molecular weight excluding hydrogens is 441 g/mol. The standard InChI is InChI=1S/C22H19ClFN3O3S/c23-19-14-18(2-3-20(19)24)31(29,30)26-11-7-22(28)27-12-8-17-13-16(1-4-21(17)27)15-5-9-25-10-6-15/h1-6,9-10,13-14,26H,7-8,11-12H2. The maximum absolute atomic E-state index is 13.3. The first-order valence-corrected chi connectivity index (χ1v) is 11.5. The summed E-state index contributed by atoms with van der Waals surface area (Å²) in [7, 11) is -3.89. The fourth-order valence-electron chi connectivity index (χ4n) is 3.54. The van der Waals surface area contributed by atoms with Gasteiger partial charge >= 0.3 is 0 Å².